The highest BCUT2D eigenvalue weighted by molar-refractivity contribution is 6.31. The Morgan fingerprint density at radius 3 is 2.81 bits per heavy atom. The number of nitrogens with zero attached hydrogens (tertiary/aromatic N) is 2. The summed E-state index contributed by atoms with van der Waals surface area (Å²) in [5.41, 5.74) is 1.63. The Morgan fingerprint density at radius 1 is 1.11 bits per heavy atom. The van der Waals surface area contributed by atoms with Gasteiger partial charge >= 0.3 is 5.97 Å². The Labute approximate surface area is 159 Å². The van der Waals surface area contributed by atoms with Crippen molar-refractivity contribution in [1.82, 2.24) is 9.97 Å². The Kier molecular flexibility index (Phi) is 4.55. The first-order chi connectivity index (χ1) is 13.1. The smallest absolute Gasteiger partial charge is 0.322 e. The van der Waals surface area contributed by atoms with Crippen LogP contribution in [0, 0.1) is 0 Å². The maximum atomic E-state index is 10.8. The van der Waals surface area contributed by atoms with Crippen LogP contribution in [-0.2, 0) is 11.3 Å². The molecule has 3 aromatic rings. The van der Waals surface area contributed by atoms with Crippen LogP contribution >= 0.6 is 11.6 Å². The van der Waals surface area contributed by atoms with Crippen LogP contribution in [0.25, 0.3) is 10.9 Å². The third-order valence-electron chi connectivity index (χ3n) is 3.95. The molecule has 0 amide bonds. The quantitative estimate of drug-likeness (QED) is 0.593. The number of anilines is 2. The fourth-order valence-corrected chi connectivity index (χ4v) is 2.88. The van der Waals surface area contributed by atoms with Gasteiger partial charge in [-0.25, -0.2) is 4.98 Å². The van der Waals surface area contributed by atoms with Crippen LogP contribution in [0.1, 0.15) is 5.56 Å². The molecule has 0 aliphatic carbocycles. The van der Waals surface area contributed by atoms with Crippen molar-refractivity contribution in [2.75, 3.05) is 24.0 Å². The lowest BCUT2D eigenvalue weighted by molar-refractivity contribution is -0.134. The lowest BCUT2D eigenvalue weighted by atomic mass is 10.2. The van der Waals surface area contributed by atoms with E-state index in [1.54, 1.807) is 18.2 Å². The fourth-order valence-electron chi connectivity index (χ4n) is 2.71. The molecule has 138 valence electrons. The molecule has 0 fully saturated rings. The lowest BCUT2D eigenvalue weighted by Crippen LogP contribution is -2.15. The van der Waals surface area contributed by atoms with Gasteiger partial charge in [0.25, 0.3) is 0 Å². The van der Waals surface area contributed by atoms with Gasteiger partial charge < -0.3 is 25.2 Å². The van der Waals surface area contributed by atoms with E-state index in [1.165, 1.54) is 0 Å². The van der Waals surface area contributed by atoms with Crippen LogP contribution in [0.2, 0.25) is 5.02 Å². The lowest BCUT2D eigenvalue weighted by Gasteiger charge is -2.12. The van der Waals surface area contributed by atoms with Gasteiger partial charge in [0.05, 0.1) is 5.52 Å². The van der Waals surface area contributed by atoms with E-state index in [9.17, 15) is 4.79 Å². The van der Waals surface area contributed by atoms with Gasteiger partial charge in [-0.1, -0.05) is 17.7 Å². The number of rotatable bonds is 6. The van der Waals surface area contributed by atoms with Crippen LogP contribution in [-0.4, -0.2) is 34.4 Å². The van der Waals surface area contributed by atoms with Crippen molar-refractivity contribution in [3.8, 4) is 11.5 Å². The van der Waals surface area contributed by atoms with Crippen molar-refractivity contribution in [1.29, 1.82) is 0 Å². The summed E-state index contributed by atoms with van der Waals surface area (Å²) in [5, 5.41) is 16.1. The number of carboxylic acid groups (broad SMARTS) is 1. The van der Waals surface area contributed by atoms with E-state index in [1.807, 2.05) is 18.2 Å². The Bertz CT molecular complexity index is 1030. The van der Waals surface area contributed by atoms with Gasteiger partial charge in [-0.3, -0.25) is 4.79 Å². The number of carbonyl (C=O) groups is 1. The number of halogens is 1. The average Bonchev–Trinajstić information content (AvgIpc) is 3.12. The predicted molar refractivity (Wildman–Crippen MR) is 101 cm³/mol. The van der Waals surface area contributed by atoms with Gasteiger partial charge in [-0.15, -0.1) is 0 Å². The summed E-state index contributed by atoms with van der Waals surface area (Å²) < 4.78 is 10.7. The van der Waals surface area contributed by atoms with E-state index < -0.39 is 5.97 Å². The third-order valence-corrected chi connectivity index (χ3v) is 4.19. The molecule has 0 saturated carbocycles. The standard InChI is InChI=1S/C18H15ClN4O4/c19-11-2-3-13-12(6-11)17(23-18(22-13)21-8-16(24)25)20-7-10-1-4-14-15(5-10)27-9-26-14/h1-6H,7-9H2,(H,24,25)(H2,20,21,22,23). The Hall–Kier alpha value is -3.26. The molecule has 1 aliphatic rings. The molecular weight excluding hydrogens is 372 g/mol. The molecule has 1 aliphatic heterocycles. The molecule has 8 nitrogen and oxygen atoms in total. The molecule has 27 heavy (non-hydrogen) atoms. The molecule has 9 heteroatoms. The second kappa shape index (κ2) is 7.16. The summed E-state index contributed by atoms with van der Waals surface area (Å²) >= 11 is 6.11. The fraction of sp³-hybridized carbons (Fsp3) is 0.167. The molecule has 0 spiro atoms. The van der Waals surface area contributed by atoms with E-state index in [0.29, 0.717) is 28.7 Å². The zero-order valence-electron chi connectivity index (χ0n) is 14.0. The minimum Gasteiger partial charge on any atom is -0.480 e. The number of carboxylic acids is 1. The van der Waals surface area contributed by atoms with Crippen LogP contribution < -0.4 is 20.1 Å². The highest BCUT2D eigenvalue weighted by atomic mass is 35.5. The molecular formula is C18H15ClN4O4. The number of ether oxygens (including phenoxy) is 2. The number of aliphatic carboxylic acids is 1. The second-order valence-electron chi connectivity index (χ2n) is 5.85. The zero-order valence-corrected chi connectivity index (χ0v) is 14.8. The summed E-state index contributed by atoms with van der Waals surface area (Å²) in [6.07, 6.45) is 0. The first kappa shape index (κ1) is 17.2. The Morgan fingerprint density at radius 2 is 1.96 bits per heavy atom. The molecule has 3 N–H and O–H groups in total. The summed E-state index contributed by atoms with van der Waals surface area (Å²) in [6.45, 7) is 0.425. The van der Waals surface area contributed by atoms with Crippen molar-refractivity contribution in [3.05, 3.63) is 47.0 Å². The maximum absolute atomic E-state index is 10.8. The van der Waals surface area contributed by atoms with E-state index in [2.05, 4.69) is 20.6 Å². The maximum Gasteiger partial charge on any atom is 0.322 e. The van der Waals surface area contributed by atoms with Gasteiger partial charge in [-0.05, 0) is 35.9 Å². The normalized spacial score (nSPS) is 12.2. The molecule has 0 saturated heterocycles. The van der Waals surface area contributed by atoms with Gasteiger partial charge in [0.15, 0.2) is 11.5 Å². The number of hydrogen-bond acceptors (Lipinski definition) is 7. The SMILES string of the molecule is O=C(O)CNc1nc(NCc2ccc3c(c2)OCO3)c2cc(Cl)ccc2n1. The first-order valence-corrected chi connectivity index (χ1v) is 8.51. The highest BCUT2D eigenvalue weighted by Gasteiger charge is 2.14. The molecule has 4 rings (SSSR count). The monoisotopic (exact) mass is 386 g/mol. The van der Waals surface area contributed by atoms with E-state index in [4.69, 9.17) is 26.2 Å². The third kappa shape index (κ3) is 3.80. The highest BCUT2D eigenvalue weighted by Crippen LogP contribution is 2.33. The zero-order chi connectivity index (χ0) is 18.8. The van der Waals surface area contributed by atoms with Gasteiger partial charge in [0, 0.05) is 17.0 Å². The van der Waals surface area contributed by atoms with E-state index >= 15 is 0 Å². The van der Waals surface area contributed by atoms with Crippen LogP contribution in [0.4, 0.5) is 11.8 Å². The number of nitrogens with one attached hydrogen (secondary N) is 2. The molecule has 1 aromatic heterocycles. The van der Waals surface area contributed by atoms with Gasteiger partial charge in [-0.2, -0.15) is 4.98 Å². The van der Waals surface area contributed by atoms with Gasteiger partial charge in [0.1, 0.15) is 12.4 Å². The molecule has 0 atom stereocenters. The second-order valence-corrected chi connectivity index (χ2v) is 6.28. The summed E-state index contributed by atoms with van der Waals surface area (Å²) in [7, 11) is 0. The Balaban J connectivity index is 1.62. The number of hydrogen-bond donors (Lipinski definition) is 3. The minimum atomic E-state index is -0.996. The number of benzene rings is 2. The molecule has 0 bridgehead atoms. The largest absolute Gasteiger partial charge is 0.480 e. The van der Waals surface area contributed by atoms with Crippen molar-refractivity contribution in [3.63, 3.8) is 0 Å². The van der Waals surface area contributed by atoms with Gasteiger partial charge in [0.2, 0.25) is 12.7 Å². The molecule has 0 unspecified atom stereocenters. The van der Waals surface area contributed by atoms with E-state index in [-0.39, 0.29) is 19.3 Å². The van der Waals surface area contributed by atoms with Crippen LogP contribution in [0.3, 0.4) is 0 Å². The van der Waals surface area contributed by atoms with Crippen molar-refractivity contribution in [2.45, 2.75) is 6.54 Å². The van der Waals surface area contributed by atoms with Crippen molar-refractivity contribution in [2.24, 2.45) is 0 Å². The van der Waals surface area contributed by atoms with Crippen LogP contribution in [0.15, 0.2) is 36.4 Å². The predicted octanol–water partition coefficient (Wildman–Crippen LogP) is 3.12. The summed E-state index contributed by atoms with van der Waals surface area (Å²) in [6, 6.07) is 10.9. The molecule has 2 heterocycles. The van der Waals surface area contributed by atoms with E-state index in [0.717, 1.165) is 16.7 Å². The summed E-state index contributed by atoms with van der Waals surface area (Å²) in [5.74, 6) is 1.20. The average molecular weight is 387 g/mol. The first-order valence-electron chi connectivity index (χ1n) is 8.14. The van der Waals surface area contributed by atoms with Crippen molar-refractivity contribution < 1.29 is 19.4 Å². The van der Waals surface area contributed by atoms with Crippen molar-refractivity contribution >= 4 is 40.2 Å². The number of aromatic nitrogens is 2. The minimum absolute atomic E-state index is 0.222. The van der Waals surface area contributed by atoms with Crippen LogP contribution in [0.5, 0.6) is 11.5 Å². The summed E-state index contributed by atoms with van der Waals surface area (Å²) in [4.78, 5) is 19.5. The topological polar surface area (TPSA) is 106 Å². The molecule has 0 radical (unpaired) electrons. The number of fused-ring (bicyclic) bond motifs is 2. The molecule has 2 aromatic carbocycles.